The highest BCUT2D eigenvalue weighted by Gasteiger charge is 2.24. The molecule has 0 aromatic carbocycles. The SMILES string of the molecule is CN/C=C\C(=N)n1cccc(Nc2cc(N(C)C(=O)OC(C)(C)C)n3ncc(C)c3n2)c1=O. The van der Waals surface area contributed by atoms with Crippen molar-refractivity contribution in [1.29, 1.82) is 5.41 Å². The number of hydrogen-bond acceptors (Lipinski definition) is 8. The summed E-state index contributed by atoms with van der Waals surface area (Å²) in [7, 11) is 3.28. The fraction of sp³-hybridized carbons (Fsp3) is 0.318. The van der Waals surface area contributed by atoms with E-state index in [0.717, 1.165) is 5.56 Å². The Morgan fingerprint density at radius 1 is 1.33 bits per heavy atom. The minimum absolute atomic E-state index is 0.00149. The number of carbonyl (C=O) groups is 1. The van der Waals surface area contributed by atoms with E-state index >= 15 is 0 Å². The van der Waals surface area contributed by atoms with Crippen molar-refractivity contribution in [3.63, 3.8) is 0 Å². The summed E-state index contributed by atoms with van der Waals surface area (Å²) in [4.78, 5) is 31.5. The van der Waals surface area contributed by atoms with E-state index in [2.05, 4.69) is 20.7 Å². The molecule has 0 spiro atoms. The van der Waals surface area contributed by atoms with Crippen LogP contribution in [0, 0.1) is 12.3 Å². The number of fused-ring (bicyclic) bond motifs is 1. The summed E-state index contributed by atoms with van der Waals surface area (Å²) >= 11 is 0. The Bertz CT molecular complexity index is 1280. The summed E-state index contributed by atoms with van der Waals surface area (Å²) in [5.74, 6) is 0.743. The molecule has 0 atom stereocenters. The van der Waals surface area contributed by atoms with Gasteiger partial charge in [0.15, 0.2) is 5.65 Å². The lowest BCUT2D eigenvalue weighted by Crippen LogP contribution is -2.35. The average molecular weight is 453 g/mol. The van der Waals surface area contributed by atoms with Gasteiger partial charge in [-0.05, 0) is 52.1 Å². The van der Waals surface area contributed by atoms with Crippen molar-refractivity contribution in [2.75, 3.05) is 24.3 Å². The first-order valence-electron chi connectivity index (χ1n) is 10.3. The van der Waals surface area contributed by atoms with Crippen LogP contribution in [0.2, 0.25) is 0 Å². The summed E-state index contributed by atoms with van der Waals surface area (Å²) < 4.78 is 8.21. The van der Waals surface area contributed by atoms with E-state index < -0.39 is 17.3 Å². The quantitative estimate of drug-likeness (QED) is 0.401. The molecule has 3 heterocycles. The van der Waals surface area contributed by atoms with Gasteiger partial charge in [-0.1, -0.05) is 0 Å². The maximum absolute atomic E-state index is 12.9. The zero-order valence-corrected chi connectivity index (χ0v) is 19.5. The zero-order chi connectivity index (χ0) is 24.3. The molecule has 0 fully saturated rings. The van der Waals surface area contributed by atoms with Gasteiger partial charge in [-0.15, -0.1) is 0 Å². The second kappa shape index (κ2) is 9.15. The van der Waals surface area contributed by atoms with Gasteiger partial charge in [0.25, 0.3) is 5.56 Å². The molecule has 0 aliphatic rings. The van der Waals surface area contributed by atoms with Gasteiger partial charge >= 0.3 is 6.09 Å². The molecule has 11 heteroatoms. The number of rotatable bonds is 5. The molecule has 3 rings (SSSR count). The van der Waals surface area contributed by atoms with Crippen molar-refractivity contribution in [1.82, 2.24) is 24.5 Å². The first-order chi connectivity index (χ1) is 15.5. The summed E-state index contributed by atoms with van der Waals surface area (Å²) in [6.45, 7) is 7.21. The van der Waals surface area contributed by atoms with Gasteiger partial charge in [0.05, 0.1) is 6.20 Å². The van der Waals surface area contributed by atoms with Gasteiger partial charge in [-0.25, -0.2) is 9.78 Å². The highest BCUT2D eigenvalue weighted by atomic mass is 16.6. The van der Waals surface area contributed by atoms with Crippen LogP contribution in [-0.4, -0.2) is 50.8 Å². The maximum Gasteiger partial charge on any atom is 0.415 e. The number of anilines is 3. The molecule has 11 nitrogen and oxygen atoms in total. The van der Waals surface area contributed by atoms with Crippen molar-refractivity contribution in [2.45, 2.75) is 33.3 Å². The molecule has 3 aromatic rings. The first-order valence-corrected chi connectivity index (χ1v) is 10.3. The fourth-order valence-corrected chi connectivity index (χ4v) is 2.94. The standard InChI is InChI=1S/C22H28N8O3/c1-14-13-25-30-18(28(6)21(32)33-22(2,3)4)12-17(27-19(14)30)26-15-8-7-11-29(20(15)31)16(23)9-10-24-5/h7-13,23-24H,1-6H3,(H,26,27)/b10-9-,23-16?. The van der Waals surface area contributed by atoms with E-state index in [4.69, 9.17) is 10.1 Å². The van der Waals surface area contributed by atoms with Crippen LogP contribution in [0.4, 0.5) is 22.1 Å². The molecule has 0 bridgehead atoms. The van der Waals surface area contributed by atoms with E-state index in [-0.39, 0.29) is 11.5 Å². The summed E-state index contributed by atoms with van der Waals surface area (Å²) in [5, 5.41) is 18.2. The van der Waals surface area contributed by atoms with E-state index in [1.54, 1.807) is 65.5 Å². The predicted molar refractivity (Wildman–Crippen MR) is 128 cm³/mol. The molecule has 0 saturated carbocycles. The normalized spacial score (nSPS) is 11.6. The Hall–Kier alpha value is -4.15. The molecule has 3 aromatic heterocycles. The Balaban J connectivity index is 2.03. The number of pyridine rings is 1. The first kappa shape index (κ1) is 23.5. The van der Waals surface area contributed by atoms with Crippen LogP contribution in [0.1, 0.15) is 26.3 Å². The van der Waals surface area contributed by atoms with Crippen LogP contribution in [0.5, 0.6) is 0 Å². The number of allylic oxidation sites excluding steroid dienone is 1. The van der Waals surface area contributed by atoms with Gasteiger partial charge in [0.2, 0.25) is 0 Å². The zero-order valence-electron chi connectivity index (χ0n) is 19.5. The maximum atomic E-state index is 12.9. The second-order valence-electron chi connectivity index (χ2n) is 8.33. The number of aryl methyl sites for hydroxylation is 1. The molecule has 3 N–H and O–H groups in total. The van der Waals surface area contributed by atoms with E-state index in [9.17, 15) is 9.59 Å². The molecule has 33 heavy (non-hydrogen) atoms. The van der Waals surface area contributed by atoms with Crippen LogP contribution < -0.4 is 21.1 Å². The third-order valence-corrected chi connectivity index (χ3v) is 4.52. The van der Waals surface area contributed by atoms with Gasteiger partial charge in [0, 0.05) is 31.9 Å². The smallest absolute Gasteiger partial charge is 0.415 e. The Kier molecular flexibility index (Phi) is 6.52. The van der Waals surface area contributed by atoms with E-state index in [1.807, 2.05) is 6.92 Å². The van der Waals surface area contributed by atoms with Crippen LogP contribution in [0.15, 0.2) is 47.7 Å². The van der Waals surface area contributed by atoms with Gasteiger partial charge in [0.1, 0.15) is 28.8 Å². The van der Waals surface area contributed by atoms with Crippen molar-refractivity contribution in [3.8, 4) is 0 Å². The van der Waals surface area contributed by atoms with Crippen LogP contribution >= 0.6 is 0 Å². The Labute approximate surface area is 191 Å². The molecular formula is C22H28N8O3. The predicted octanol–water partition coefficient (Wildman–Crippen LogP) is 2.87. The number of nitrogens with one attached hydrogen (secondary N) is 3. The molecule has 0 saturated heterocycles. The number of ether oxygens (including phenoxy) is 1. The Morgan fingerprint density at radius 2 is 2.06 bits per heavy atom. The van der Waals surface area contributed by atoms with Gasteiger partial charge in [-0.3, -0.25) is 19.7 Å². The topological polar surface area (TPSA) is 130 Å². The minimum atomic E-state index is -0.667. The molecule has 0 unspecified atom stereocenters. The third kappa shape index (κ3) is 5.20. The number of amides is 1. The number of carbonyl (C=O) groups excluding carboxylic acids is 1. The number of hydrogen-bond donors (Lipinski definition) is 3. The van der Waals surface area contributed by atoms with Gasteiger partial charge < -0.3 is 15.4 Å². The van der Waals surface area contributed by atoms with Crippen LogP contribution in [0.25, 0.3) is 5.65 Å². The summed E-state index contributed by atoms with van der Waals surface area (Å²) in [5.41, 5.74) is 0.449. The lowest BCUT2D eigenvalue weighted by atomic mass is 10.2. The van der Waals surface area contributed by atoms with Gasteiger partial charge in [-0.2, -0.15) is 9.61 Å². The minimum Gasteiger partial charge on any atom is -0.443 e. The molecular weight excluding hydrogens is 424 g/mol. The Morgan fingerprint density at radius 3 is 2.73 bits per heavy atom. The number of nitrogens with zero attached hydrogens (tertiary/aromatic N) is 5. The third-order valence-electron chi connectivity index (χ3n) is 4.52. The fourth-order valence-electron chi connectivity index (χ4n) is 2.94. The van der Waals surface area contributed by atoms with Crippen LogP contribution in [-0.2, 0) is 4.74 Å². The van der Waals surface area contributed by atoms with Crippen LogP contribution in [0.3, 0.4) is 0 Å². The van der Waals surface area contributed by atoms with E-state index in [0.29, 0.717) is 17.3 Å². The summed E-state index contributed by atoms with van der Waals surface area (Å²) in [6, 6.07) is 4.86. The lowest BCUT2D eigenvalue weighted by Gasteiger charge is -2.25. The molecule has 0 aliphatic heterocycles. The lowest BCUT2D eigenvalue weighted by molar-refractivity contribution is 0.0587. The van der Waals surface area contributed by atoms with Crippen molar-refractivity contribution in [3.05, 3.63) is 58.8 Å². The number of aromatic nitrogens is 4. The largest absolute Gasteiger partial charge is 0.443 e. The molecule has 0 aliphatic carbocycles. The van der Waals surface area contributed by atoms with Crippen molar-refractivity contribution in [2.24, 2.45) is 0 Å². The highest BCUT2D eigenvalue weighted by molar-refractivity contribution is 5.92. The average Bonchev–Trinajstić information content (AvgIpc) is 3.12. The van der Waals surface area contributed by atoms with Crippen molar-refractivity contribution < 1.29 is 9.53 Å². The molecule has 1 amide bonds. The summed E-state index contributed by atoms with van der Waals surface area (Å²) in [6.07, 6.45) is 5.63. The second-order valence-corrected chi connectivity index (χ2v) is 8.33. The molecule has 174 valence electrons. The highest BCUT2D eigenvalue weighted by Crippen LogP contribution is 2.24. The molecule has 0 radical (unpaired) electrons. The monoisotopic (exact) mass is 452 g/mol. The van der Waals surface area contributed by atoms with E-state index in [1.165, 1.54) is 26.3 Å². The van der Waals surface area contributed by atoms with Crippen molar-refractivity contribution >= 4 is 34.9 Å².